The van der Waals surface area contributed by atoms with Crippen molar-refractivity contribution in [2.75, 3.05) is 5.48 Å². The molecule has 0 radical (unpaired) electrons. The maximum Gasteiger partial charge on any atom is 0.364 e. The third kappa shape index (κ3) is 5.70. The van der Waals surface area contributed by atoms with Gasteiger partial charge in [-0.25, -0.2) is 10.3 Å². The zero-order chi connectivity index (χ0) is 19.6. The number of rotatable bonds is 6. The molecule has 1 amide bonds. The van der Waals surface area contributed by atoms with Gasteiger partial charge < -0.3 is 4.84 Å². The molecule has 0 saturated heterocycles. The molecule has 0 aliphatic rings. The summed E-state index contributed by atoms with van der Waals surface area (Å²) in [5.74, 6) is -1.01. The Morgan fingerprint density at radius 3 is 2.46 bits per heavy atom. The highest BCUT2D eigenvalue weighted by atomic mass is 16.7. The van der Waals surface area contributed by atoms with E-state index in [9.17, 15) is 9.59 Å². The Morgan fingerprint density at radius 2 is 1.75 bits per heavy atom. The van der Waals surface area contributed by atoms with Gasteiger partial charge in [0.05, 0.1) is 16.9 Å². The predicted octanol–water partition coefficient (Wildman–Crippen LogP) is 4.59. The van der Waals surface area contributed by atoms with Crippen LogP contribution in [0.15, 0.2) is 95.4 Å². The first-order valence-electron chi connectivity index (χ1n) is 8.37. The molecule has 0 atom stereocenters. The van der Waals surface area contributed by atoms with Gasteiger partial charge >= 0.3 is 5.97 Å². The fraction of sp³-hybridized carbons (Fsp3) is 0. The Kier molecular flexibility index (Phi) is 6.35. The number of amides is 1. The average Bonchev–Trinajstić information content (AvgIpc) is 2.76. The molecular weight excluding hydrogens is 356 g/mol. The van der Waals surface area contributed by atoms with Crippen molar-refractivity contribution in [3.8, 4) is 0 Å². The van der Waals surface area contributed by atoms with Crippen molar-refractivity contribution in [2.24, 2.45) is 10.2 Å². The van der Waals surface area contributed by atoms with Gasteiger partial charge in [-0.1, -0.05) is 30.3 Å². The van der Waals surface area contributed by atoms with Crippen LogP contribution in [-0.2, 0) is 9.63 Å². The lowest BCUT2D eigenvalue weighted by Crippen LogP contribution is -2.10. The highest BCUT2D eigenvalue weighted by Gasteiger charge is 2.06. The van der Waals surface area contributed by atoms with Gasteiger partial charge in [0.15, 0.2) is 0 Å². The normalized spacial score (nSPS) is 10.9. The summed E-state index contributed by atoms with van der Waals surface area (Å²) in [6.07, 6.45) is 6.01. The largest absolute Gasteiger partial charge is 0.364 e. The molecule has 3 aromatic rings. The number of hydrogen-bond acceptors (Lipinski definition) is 6. The minimum Gasteiger partial charge on any atom is -0.338 e. The maximum atomic E-state index is 11.8. The Bertz CT molecular complexity index is 985. The molecule has 138 valence electrons. The van der Waals surface area contributed by atoms with Crippen LogP contribution in [0.2, 0.25) is 0 Å². The van der Waals surface area contributed by atoms with Crippen molar-refractivity contribution in [3.05, 3.63) is 96.3 Å². The summed E-state index contributed by atoms with van der Waals surface area (Å²) in [6.45, 7) is 0. The van der Waals surface area contributed by atoms with Gasteiger partial charge in [-0.05, 0) is 48.0 Å². The molecule has 0 unspecified atom stereocenters. The molecule has 0 fully saturated rings. The molecule has 0 aliphatic carbocycles. The van der Waals surface area contributed by atoms with Crippen molar-refractivity contribution < 1.29 is 14.4 Å². The lowest BCUT2D eigenvalue weighted by Gasteiger charge is -2.06. The van der Waals surface area contributed by atoms with Crippen LogP contribution in [0.3, 0.4) is 0 Å². The van der Waals surface area contributed by atoms with Crippen molar-refractivity contribution >= 4 is 29.3 Å². The van der Waals surface area contributed by atoms with Crippen LogP contribution >= 0.6 is 0 Å². The van der Waals surface area contributed by atoms with Crippen LogP contribution in [0.1, 0.15) is 15.9 Å². The van der Waals surface area contributed by atoms with Gasteiger partial charge in [-0.2, -0.15) is 0 Å². The summed E-state index contributed by atoms with van der Waals surface area (Å²) in [4.78, 5) is 32.4. The second-order valence-corrected chi connectivity index (χ2v) is 5.56. The number of hydrogen-bond donors (Lipinski definition) is 1. The van der Waals surface area contributed by atoms with Crippen LogP contribution in [0.4, 0.5) is 11.4 Å². The van der Waals surface area contributed by atoms with Gasteiger partial charge in [-0.15, -0.1) is 10.2 Å². The lowest BCUT2D eigenvalue weighted by atomic mass is 10.2. The number of nitrogens with one attached hydrogen (secondary N) is 1. The van der Waals surface area contributed by atoms with Crippen molar-refractivity contribution in [1.29, 1.82) is 0 Å². The molecule has 3 rings (SSSR count). The fourth-order valence-corrected chi connectivity index (χ4v) is 2.12. The third-order valence-corrected chi connectivity index (χ3v) is 3.51. The zero-order valence-corrected chi connectivity index (χ0v) is 14.7. The molecule has 0 spiro atoms. The molecule has 28 heavy (non-hydrogen) atoms. The summed E-state index contributed by atoms with van der Waals surface area (Å²) < 4.78 is 0. The first-order valence-corrected chi connectivity index (χ1v) is 8.37. The molecule has 1 N–H and O–H groups in total. The maximum absolute atomic E-state index is 11.8. The number of aromatic nitrogens is 1. The fourth-order valence-electron chi connectivity index (χ4n) is 2.12. The zero-order valence-electron chi connectivity index (χ0n) is 14.7. The molecule has 7 nitrogen and oxygen atoms in total. The second-order valence-electron chi connectivity index (χ2n) is 5.56. The lowest BCUT2D eigenvalue weighted by molar-refractivity contribution is -0.113. The number of azo groups is 1. The number of pyridine rings is 1. The average molecular weight is 372 g/mol. The Balaban J connectivity index is 1.51. The van der Waals surface area contributed by atoms with E-state index < -0.39 is 11.9 Å². The smallest absolute Gasteiger partial charge is 0.338 e. The number of carbonyl (C=O) groups is 2. The Morgan fingerprint density at radius 1 is 0.964 bits per heavy atom. The van der Waals surface area contributed by atoms with Gasteiger partial charge in [-0.3, -0.25) is 9.78 Å². The third-order valence-electron chi connectivity index (χ3n) is 3.51. The van der Waals surface area contributed by atoms with E-state index in [4.69, 9.17) is 4.84 Å². The summed E-state index contributed by atoms with van der Waals surface area (Å²) in [5, 5.41) is 7.52. The Labute approximate surface area is 161 Å². The SMILES string of the molecule is O=C(/C=C/c1ccccc1)N=Nc1ccc(NOC(=O)c2cccnc2)cc1. The Hall–Kier alpha value is -4.13. The van der Waals surface area contributed by atoms with E-state index in [2.05, 4.69) is 20.7 Å². The van der Waals surface area contributed by atoms with E-state index in [0.717, 1.165) is 5.56 Å². The van der Waals surface area contributed by atoms with Gasteiger partial charge in [0.2, 0.25) is 0 Å². The molecule has 7 heteroatoms. The van der Waals surface area contributed by atoms with Crippen LogP contribution in [0.5, 0.6) is 0 Å². The van der Waals surface area contributed by atoms with Gasteiger partial charge in [0.1, 0.15) is 0 Å². The minimum atomic E-state index is -0.548. The second kappa shape index (κ2) is 9.54. The van der Waals surface area contributed by atoms with Crippen molar-refractivity contribution in [1.82, 2.24) is 4.98 Å². The van der Waals surface area contributed by atoms with E-state index in [1.807, 2.05) is 30.3 Å². The van der Waals surface area contributed by atoms with E-state index in [1.54, 1.807) is 48.7 Å². The number of benzene rings is 2. The summed E-state index contributed by atoms with van der Waals surface area (Å²) in [6, 6.07) is 19.2. The highest BCUT2D eigenvalue weighted by Crippen LogP contribution is 2.17. The van der Waals surface area contributed by atoms with E-state index in [-0.39, 0.29) is 0 Å². The molecule has 0 aliphatic heterocycles. The van der Waals surface area contributed by atoms with Gasteiger partial charge in [0.25, 0.3) is 5.91 Å². The van der Waals surface area contributed by atoms with Crippen molar-refractivity contribution in [2.45, 2.75) is 0 Å². The molecule has 0 saturated carbocycles. The summed E-state index contributed by atoms with van der Waals surface area (Å²) in [7, 11) is 0. The van der Waals surface area contributed by atoms with Crippen LogP contribution < -0.4 is 5.48 Å². The van der Waals surface area contributed by atoms with E-state index in [1.165, 1.54) is 12.3 Å². The van der Waals surface area contributed by atoms with E-state index in [0.29, 0.717) is 16.9 Å². The van der Waals surface area contributed by atoms with Crippen molar-refractivity contribution in [3.63, 3.8) is 0 Å². The number of carbonyl (C=O) groups excluding carboxylic acids is 2. The molecular formula is C21H16N4O3. The monoisotopic (exact) mass is 372 g/mol. The van der Waals surface area contributed by atoms with E-state index >= 15 is 0 Å². The first-order chi connectivity index (χ1) is 13.7. The van der Waals surface area contributed by atoms with Crippen LogP contribution in [-0.4, -0.2) is 16.9 Å². The highest BCUT2D eigenvalue weighted by molar-refractivity contribution is 5.92. The standard InChI is InChI=1S/C21H16N4O3/c26-20(13-8-16-5-2-1-3-6-16)24-23-18-9-11-19(12-10-18)25-28-21(27)17-7-4-14-22-15-17/h1-15,25H/b13-8+,24-23?. The predicted molar refractivity (Wildman–Crippen MR) is 105 cm³/mol. The number of anilines is 1. The minimum absolute atomic E-state index is 0.336. The molecule has 2 aromatic carbocycles. The van der Waals surface area contributed by atoms with Crippen LogP contribution in [0, 0.1) is 0 Å². The van der Waals surface area contributed by atoms with Gasteiger partial charge in [0, 0.05) is 18.5 Å². The summed E-state index contributed by atoms with van der Waals surface area (Å²) >= 11 is 0. The quantitative estimate of drug-likeness (QED) is 0.388. The first kappa shape index (κ1) is 18.7. The molecule has 1 heterocycles. The number of nitrogens with zero attached hydrogens (tertiary/aromatic N) is 3. The molecule has 0 bridgehead atoms. The van der Waals surface area contributed by atoms with Crippen LogP contribution in [0.25, 0.3) is 6.08 Å². The summed E-state index contributed by atoms with van der Waals surface area (Å²) in [5.41, 5.74) is 4.83. The molecule has 1 aromatic heterocycles. The topological polar surface area (TPSA) is 93.0 Å².